The van der Waals surface area contributed by atoms with Gasteiger partial charge in [-0.05, 0) is 26.8 Å². The van der Waals surface area contributed by atoms with Gasteiger partial charge in [0.25, 0.3) is 0 Å². The molecule has 0 aromatic rings. The van der Waals surface area contributed by atoms with E-state index in [0.29, 0.717) is 12.6 Å². The predicted molar refractivity (Wildman–Crippen MR) is 47.2 cm³/mol. The first-order chi connectivity index (χ1) is 5.22. The van der Waals surface area contributed by atoms with Crippen LogP contribution in [-0.4, -0.2) is 30.6 Å². The SMILES string of the molecule is CCCCN(CC[O])C(C)C. The molecule has 0 saturated heterocycles. The van der Waals surface area contributed by atoms with Gasteiger partial charge in [0.05, 0.1) is 6.61 Å². The monoisotopic (exact) mass is 158 g/mol. The molecule has 1 radical (unpaired) electrons. The average molecular weight is 158 g/mol. The molecule has 0 bridgehead atoms. The molecule has 2 nitrogen and oxygen atoms in total. The van der Waals surface area contributed by atoms with Crippen LogP contribution in [0.4, 0.5) is 0 Å². The summed E-state index contributed by atoms with van der Waals surface area (Å²) in [5, 5.41) is 10.4. The second-order valence-electron chi connectivity index (χ2n) is 3.19. The van der Waals surface area contributed by atoms with Crippen LogP contribution in [0.15, 0.2) is 0 Å². The summed E-state index contributed by atoms with van der Waals surface area (Å²) in [6.45, 7) is 8.28. The third-order valence-electron chi connectivity index (χ3n) is 1.91. The molecule has 67 valence electrons. The highest BCUT2D eigenvalue weighted by Gasteiger charge is 2.06. The normalized spacial score (nSPS) is 11.5. The summed E-state index contributed by atoms with van der Waals surface area (Å²) in [6, 6.07) is 0.524. The summed E-state index contributed by atoms with van der Waals surface area (Å²) in [6.07, 6.45) is 2.42. The average Bonchev–Trinajstić information content (AvgIpc) is 1.97. The summed E-state index contributed by atoms with van der Waals surface area (Å²) in [5.74, 6) is 0. The van der Waals surface area contributed by atoms with Crippen molar-refractivity contribution in [3.8, 4) is 0 Å². The molecule has 0 aromatic heterocycles. The fraction of sp³-hybridized carbons (Fsp3) is 1.00. The molecule has 0 heterocycles. The maximum Gasteiger partial charge on any atom is 0.0949 e. The van der Waals surface area contributed by atoms with E-state index in [-0.39, 0.29) is 6.61 Å². The Morgan fingerprint density at radius 1 is 1.27 bits per heavy atom. The lowest BCUT2D eigenvalue weighted by Gasteiger charge is -2.24. The Kier molecular flexibility index (Phi) is 6.57. The summed E-state index contributed by atoms with van der Waals surface area (Å²) in [5.41, 5.74) is 0. The van der Waals surface area contributed by atoms with Crippen molar-refractivity contribution in [3.63, 3.8) is 0 Å². The van der Waals surface area contributed by atoms with Gasteiger partial charge < -0.3 is 0 Å². The third kappa shape index (κ3) is 5.22. The van der Waals surface area contributed by atoms with Crippen molar-refractivity contribution >= 4 is 0 Å². The minimum atomic E-state index is 0.0297. The molecule has 0 aliphatic rings. The number of hydrogen-bond acceptors (Lipinski definition) is 1. The molecule has 0 saturated carbocycles. The van der Waals surface area contributed by atoms with Crippen LogP contribution in [0.25, 0.3) is 0 Å². The maximum atomic E-state index is 10.4. The van der Waals surface area contributed by atoms with Crippen molar-refractivity contribution in [1.29, 1.82) is 0 Å². The van der Waals surface area contributed by atoms with Gasteiger partial charge in [0.15, 0.2) is 0 Å². The molecule has 0 atom stereocenters. The molecule has 0 rings (SSSR count). The quantitative estimate of drug-likeness (QED) is 0.579. The Labute approximate surface area is 70.2 Å². The van der Waals surface area contributed by atoms with E-state index in [2.05, 4.69) is 25.7 Å². The molecule has 0 N–H and O–H groups in total. The van der Waals surface area contributed by atoms with Gasteiger partial charge in [-0.3, -0.25) is 4.90 Å². The Balaban J connectivity index is 3.51. The van der Waals surface area contributed by atoms with Crippen molar-refractivity contribution < 1.29 is 5.11 Å². The molecule has 0 aliphatic carbocycles. The van der Waals surface area contributed by atoms with Gasteiger partial charge in [-0.2, -0.15) is 0 Å². The van der Waals surface area contributed by atoms with Crippen molar-refractivity contribution in [3.05, 3.63) is 0 Å². The van der Waals surface area contributed by atoms with Gasteiger partial charge in [-0.25, -0.2) is 5.11 Å². The first-order valence-corrected chi connectivity index (χ1v) is 4.54. The molecule has 0 fully saturated rings. The van der Waals surface area contributed by atoms with Crippen molar-refractivity contribution in [2.24, 2.45) is 0 Å². The lowest BCUT2D eigenvalue weighted by Crippen LogP contribution is -2.34. The largest absolute Gasteiger partial charge is 0.299 e. The van der Waals surface area contributed by atoms with Crippen LogP contribution in [-0.2, 0) is 5.11 Å². The van der Waals surface area contributed by atoms with E-state index in [1.54, 1.807) is 0 Å². The van der Waals surface area contributed by atoms with Crippen LogP contribution in [0.3, 0.4) is 0 Å². The van der Waals surface area contributed by atoms with Crippen LogP contribution in [0.1, 0.15) is 33.6 Å². The van der Waals surface area contributed by atoms with Crippen LogP contribution in [0.2, 0.25) is 0 Å². The zero-order chi connectivity index (χ0) is 8.69. The zero-order valence-electron chi connectivity index (χ0n) is 7.97. The van der Waals surface area contributed by atoms with Gasteiger partial charge in [0, 0.05) is 12.6 Å². The summed E-state index contributed by atoms with van der Waals surface area (Å²) in [7, 11) is 0. The first kappa shape index (κ1) is 10.9. The minimum Gasteiger partial charge on any atom is -0.299 e. The molecule has 0 unspecified atom stereocenters. The predicted octanol–water partition coefficient (Wildman–Crippen LogP) is 1.93. The van der Waals surface area contributed by atoms with Crippen molar-refractivity contribution in [1.82, 2.24) is 4.90 Å². The highest BCUT2D eigenvalue weighted by Crippen LogP contribution is 2.00. The Bertz CT molecular complexity index is 83.6. The van der Waals surface area contributed by atoms with Crippen molar-refractivity contribution in [2.75, 3.05) is 19.7 Å². The van der Waals surface area contributed by atoms with Crippen LogP contribution in [0.5, 0.6) is 0 Å². The second kappa shape index (κ2) is 6.62. The highest BCUT2D eigenvalue weighted by molar-refractivity contribution is 4.61. The van der Waals surface area contributed by atoms with Crippen LogP contribution in [0, 0.1) is 0 Å². The number of rotatable bonds is 6. The Morgan fingerprint density at radius 2 is 1.91 bits per heavy atom. The van der Waals surface area contributed by atoms with Gasteiger partial charge in [-0.15, -0.1) is 0 Å². The number of unbranched alkanes of at least 4 members (excludes halogenated alkanes) is 1. The third-order valence-corrected chi connectivity index (χ3v) is 1.91. The summed E-state index contributed by atoms with van der Waals surface area (Å²) < 4.78 is 0. The molecule has 0 aromatic carbocycles. The smallest absolute Gasteiger partial charge is 0.0949 e. The fourth-order valence-electron chi connectivity index (χ4n) is 1.11. The molecule has 0 amide bonds. The van der Waals surface area contributed by atoms with E-state index in [9.17, 15) is 5.11 Å². The fourth-order valence-corrected chi connectivity index (χ4v) is 1.11. The van der Waals surface area contributed by atoms with Crippen LogP contribution < -0.4 is 0 Å². The summed E-state index contributed by atoms with van der Waals surface area (Å²) >= 11 is 0. The molecule has 0 spiro atoms. The highest BCUT2D eigenvalue weighted by atomic mass is 16.3. The van der Waals surface area contributed by atoms with Gasteiger partial charge in [0.1, 0.15) is 0 Å². The van der Waals surface area contributed by atoms with E-state index in [1.807, 2.05) is 0 Å². The minimum absolute atomic E-state index is 0.0297. The molecular formula is C9H20NO. The van der Waals surface area contributed by atoms with E-state index in [0.717, 1.165) is 6.54 Å². The molecular weight excluding hydrogens is 138 g/mol. The first-order valence-electron chi connectivity index (χ1n) is 4.54. The maximum absolute atomic E-state index is 10.4. The van der Waals surface area contributed by atoms with Gasteiger partial charge in [-0.1, -0.05) is 13.3 Å². The lowest BCUT2D eigenvalue weighted by molar-refractivity contribution is 0.121. The van der Waals surface area contributed by atoms with Gasteiger partial charge in [0.2, 0.25) is 0 Å². The Morgan fingerprint density at radius 3 is 2.27 bits per heavy atom. The Hall–Kier alpha value is -0.0800. The number of nitrogens with zero attached hydrogens (tertiary/aromatic N) is 1. The number of hydrogen-bond donors (Lipinski definition) is 0. The second-order valence-corrected chi connectivity index (χ2v) is 3.19. The van der Waals surface area contributed by atoms with E-state index in [1.165, 1.54) is 12.8 Å². The summed E-state index contributed by atoms with van der Waals surface area (Å²) in [4.78, 5) is 2.25. The van der Waals surface area contributed by atoms with Crippen LogP contribution >= 0.6 is 0 Å². The zero-order valence-corrected chi connectivity index (χ0v) is 7.97. The van der Waals surface area contributed by atoms with Gasteiger partial charge >= 0.3 is 0 Å². The topological polar surface area (TPSA) is 23.1 Å². The van der Waals surface area contributed by atoms with Crippen molar-refractivity contribution in [2.45, 2.75) is 39.7 Å². The van der Waals surface area contributed by atoms with E-state index >= 15 is 0 Å². The molecule has 11 heavy (non-hydrogen) atoms. The standard InChI is InChI=1S/C9H20NO/c1-4-5-6-10(7-8-11)9(2)3/h9H,4-8H2,1-3H3. The van der Waals surface area contributed by atoms with E-state index in [4.69, 9.17) is 0 Å². The molecule has 0 aliphatic heterocycles. The molecule has 2 heteroatoms. The lowest BCUT2D eigenvalue weighted by atomic mass is 10.2. The van der Waals surface area contributed by atoms with E-state index < -0.39 is 0 Å².